The number of benzene rings is 2. The van der Waals surface area contributed by atoms with Gasteiger partial charge in [-0.15, -0.1) is 11.3 Å². The molecule has 1 N–H and O–H groups in total. The Bertz CT molecular complexity index is 1310. The number of aromatic nitrogens is 2. The lowest BCUT2D eigenvalue weighted by Crippen LogP contribution is -2.25. The first-order valence-electron chi connectivity index (χ1n) is 10.2. The van der Waals surface area contributed by atoms with E-state index in [1.54, 1.807) is 36.6 Å². The van der Waals surface area contributed by atoms with Crippen molar-refractivity contribution in [2.75, 3.05) is 11.9 Å². The molecule has 0 saturated heterocycles. The highest BCUT2D eigenvalue weighted by molar-refractivity contribution is 7.16. The molecule has 8 heteroatoms. The lowest BCUT2D eigenvalue weighted by molar-refractivity contribution is -0.116. The van der Waals surface area contributed by atoms with Gasteiger partial charge >= 0.3 is 5.97 Å². The summed E-state index contributed by atoms with van der Waals surface area (Å²) in [6.07, 6.45) is 0.853. The molecule has 0 aliphatic rings. The fourth-order valence-corrected chi connectivity index (χ4v) is 4.28. The van der Waals surface area contributed by atoms with Crippen LogP contribution < -0.4 is 10.9 Å². The molecule has 0 radical (unpaired) electrons. The van der Waals surface area contributed by atoms with Crippen LogP contribution in [0.15, 0.2) is 70.8 Å². The summed E-state index contributed by atoms with van der Waals surface area (Å²) >= 11 is 1.19. The fourth-order valence-electron chi connectivity index (χ4n) is 3.33. The molecule has 0 atom stereocenters. The summed E-state index contributed by atoms with van der Waals surface area (Å²) in [4.78, 5) is 38.5. The number of rotatable bonds is 7. The molecule has 0 unspecified atom stereocenters. The number of carbonyl (C=O) groups excluding carboxylic acids is 2. The summed E-state index contributed by atoms with van der Waals surface area (Å²) in [5.41, 5.74) is 1.18. The Hall–Kier alpha value is -3.78. The van der Waals surface area contributed by atoms with E-state index in [2.05, 4.69) is 10.4 Å². The van der Waals surface area contributed by atoms with E-state index in [1.165, 1.54) is 16.0 Å². The number of anilines is 1. The topological polar surface area (TPSA) is 90.3 Å². The smallest absolute Gasteiger partial charge is 0.359 e. The van der Waals surface area contributed by atoms with Crippen LogP contribution in [0.5, 0.6) is 0 Å². The number of amides is 1. The van der Waals surface area contributed by atoms with Crippen LogP contribution in [0.1, 0.15) is 29.4 Å². The number of nitrogens with one attached hydrogen (secondary N) is 1. The summed E-state index contributed by atoms with van der Waals surface area (Å²) in [5, 5.41) is 9.77. The van der Waals surface area contributed by atoms with E-state index in [0.29, 0.717) is 22.5 Å². The third-order valence-electron chi connectivity index (χ3n) is 4.86. The van der Waals surface area contributed by atoms with Crippen molar-refractivity contribution < 1.29 is 14.3 Å². The molecule has 0 saturated carbocycles. The van der Waals surface area contributed by atoms with Gasteiger partial charge in [-0.3, -0.25) is 9.59 Å². The fraction of sp³-hybridized carbons (Fsp3) is 0.167. The summed E-state index contributed by atoms with van der Waals surface area (Å²) in [6.45, 7) is 1.88. The van der Waals surface area contributed by atoms with Crippen molar-refractivity contribution in [3.8, 4) is 5.69 Å². The second-order valence-corrected chi connectivity index (χ2v) is 7.89. The first-order chi connectivity index (χ1) is 15.6. The molecule has 162 valence electrons. The molecular formula is C24H21N3O4S. The lowest BCUT2D eigenvalue weighted by atomic mass is 10.1. The third kappa shape index (κ3) is 4.45. The van der Waals surface area contributed by atoms with E-state index in [-0.39, 0.29) is 30.0 Å². The van der Waals surface area contributed by atoms with Gasteiger partial charge < -0.3 is 10.1 Å². The van der Waals surface area contributed by atoms with E-state index in [4.69, 9.17) is 4.74 Å². The predicted molar refractivity (Wildman–Crippen MR) is 125 cm³/mol. The molecular weight excluding hydrogens is 426 g/mol. The van der Waals surface area contributed by atoms with Crippen LogP contribution in [0, 0.1) is 0 Å². The molecule has 0 bridgehead atoms. The summed E-state index contributed by atoms with van der Waals surface area (Å²) in [6, 6.07) is 18.5. The summed E-state index contributed by atoms with van der Waals surface area (Å²) < 4.78 is 6.31. The molecule has 2 aromatic carbocycles. The van der Waals surface area contributed by atoms with Gasteiger partial charge in [-0.05, 0) is 31.0 Å². The van der Waals surface area contributed by atoms with Crippen molar-refractivity contribution in [3.05, 3.63) is 87.7 Å². The van der Waals surface area contributed by atoms with E-state index in [9.17, 15) is 14.4 Å². The van der Waals surface area contributed by atoms with Gasteiger partial charge in [0.05, 0.1) is 17.7 Å². The van der Waals surface area contributed by atoms with Gasteiger partial charge in [0, 0.05) is 17.2 Å². The molecule has 7 nitrogen and oxygen atoms in total. The van der Waals surface area contributed by atoms with Gasteiger partial charge in [-0.2, -0.15) is 9.78 Å². The Morgan fingerprint density at radius 3 is 2.44 bits per heavy atom. The van der Waals surface area contributed by atoms with Crippen molar-refractivity contribution in [3.63, 3.8) is 0 Å². The molecule has 0 spiro atoms. The van der Waals surface area contributed by atoms with Crippen LogP contribution in [-0.4, -0.2) is 28.3 Å². The van der Waals surface area contributed by atoms with Crippen molar-refractivity contribution in [1.82, 2.24) is 9.78 Å². The van der Waals surface area contributed by atoms with Gasteiger partial charge in [-0.25, -0.2) is 4.79 Å². The van der Waals surface area contributed by atoms with Gasteiger partial charge in [0.25, 0.3) is 5.56 Å². The van der Waals surface area contributed by atoms with Crippen molar-refractivity contribution in [1.29, 1.82) is 0 Å². The zero-order valence-electron chi connectivity index (χ0n) is 17.4. The summed E-state index contributed by atoms with van der Waals surface area (Å²) in [5.74, 6) is -0.834. The zero-order chi connectivity index (χ0) is 22.5. The van der Waals surface area contributed by atoms with Gasteiger partial charge in [0.15, 0.2) is 5.69 Å². The molecule has 4 aromatic rings. The lowest BCUT2D eigenvalue weighted by Gasteiger charge is -2.10. The Labute approximate surface area is 188 Å². The third-order valence-corrected chi connectivity index (χ3v) is 5.75. The quantitative estimate of drug-likeness (QED) is 0.429. The van der Waals surface area contributed by atoms with Crippen LogP contribution in [0.3, 0.4) is 0 Å². The molecule has 2 heterocycles. The molecule has 32 heavy (non-hydrogen) atoms. The normalized spacial score (nSPS) is 10.8. The number of hydrogen-bond acceptors (Lipinski definition) is 6. The van der Waals surface area contributed by atoms with E-state index >= 15 is 0 Å². The van der Waals surface area contributed by atoms with E-state index in [1.807, 2.05) is 36.4 Å². The van der Waals surface area contributed by atoms with E-state index < -0.39 is 11.5 Å². The number of aryl methyl sites for hydroxylation is 1. The highest BCUT2D eigenvalue weighted by atomic mass is 32.1. The van der Waals surface area contributed by atoms with Crippen molar-refractivity contribution in [2.24, 2.45) is 0 Å². The minimum Gasteiger partial charge on any atom is -0.461 e. The first-order valence-corrected chi connectivity index (χ1v) is 11.1. The highest BCUT2D eigenvalue weighted by Crippen LogP contribution is 2.30. The average Bonchev–Trinajstić information content (AvgIpc) is 3.23. The van der Waals surface area contributed by atoms with Crippen LogP contribution >= 0.6 is 11.3 Å². The van der Waals surface area contributed by atoms with Crippen LogP contribution in [0.4, 0.5) is 5.00 Å². The molecule has 0 aliphatic carbocycles. The monoisotopic (exact) mass is 447 g/mol. The standard InChI is InChI=1S/C24H21N3O4S/c1-2-31-24(30)21-18-15-32-22(25-19(28)14-13-16-9-5-3-6-10-16)20(18)23(29)27(26-21)17-11-7-4-8-12-17/h3-12,15H,2,13-14H2,1H3,(H,25,28). The van der Waals surface area contributed by atoms with Gasteiger partial charge in [0.2, 0.25) is 5.91 Å². The van der Waals surface area contributed by atoms with Crippen molar-refractivity contribution in [2.45, 2.75) is 19.8 Å². The molecule has 1 amide bonds. The maximum absolute atomic E-state index is 13.3. The zero-order valence-corrected chi connectivity index (χ0v) is 18.2. The minimum absolute atomic E-state index is 0.0336. The van der Waals surface area contributed by atoms with Gasteiger partial charge in [0.1, 0.15) is 5.00 Å². The Morgan fingerprint density at radius 2 is 1.75 bits per heavy atom. The van der Waals surface area contributed by atoms with E-state index in [0.717, 1.165) is 5.56 Å². The second-order valence-electron chi connectivity index (χ2n) is 7.01. The molecule has 0 aliphatic heterocycles. The Balaban J connectivity index is 1.72. The minimum atomic E-state index is -0.623. The maximum atomic E-state index is 13.3. The number of hydrogen-bond donors (Lipinski definition) is 1. The van der Waals surface area contributed by atoms with Gasteiger partial charge in [-0.1, -0.05) is 48.5 Å². The summed E-state index contributed by atoms with van der Waals surface area (Å²) in [7, 11) is 0. The SMILES string of the molecule is CCOC(=O)c1nn(-c2ccccc2)c(=O)c2c(NC(=O)CCc3ccccc3)scc12. The van der Waals surface area contributed by atoms with Crippen LogP contribution in [0.25, 0.3) is 16.5 Å². The van der Waals surface area contributed by atoms with Crippen LogP contribution in [0.2, 0.25) is 0 Å². The number of fused-ring (bicyclic) bond motifs is 1. The molecule has 2 aromatic heterocycles. The Morgan fingerprint density at radius 1 is 1.06 bits per heavy atom. The number of ether oxygens (including phenoxy) is 1. The second kappa shape index (κ2) is 9.57. The number of para-hydroxylation sites is 1. The maximum Gasteiger partial charge on any atom is 0.359 e. The molecule has 0 fully saturated rings. The number of esters is 1. The number of thiophene rings is 1. The average molecular weight is 448 g/mol. The first kappa shape index (κ1) is 21.5. The highest BCUT2D eigenvalue weighted by Gasteiger charge is 2.23. The Kier molecular flexibility index (Phi) is 6.42. The molecule has 4 rings (SSSR count). The predicted octanol–water partition coefficient (Wildman–Crippen LogP) is 4.20. The number of nitrogens with zero attached hydrogens (tertiary/aromatic N) is 2. The largest absolute Gasteiger partial charge is 0.461 e. The van der Waals surface area contributed by atoms with Crippen molar-refractivity contribution >= 4 is 39.0 Å². The van der Waals surface area contributed by atoms with Crippen LogP contribution in [-0.2, 0) is 16.0 Å². The number of carbonyl (C=O) groups is 2.